The highest BCUT2D eigenvalue weighted by Crippen LogP contribution is 2.39. The Morgan fingerprint density at radius 1 is 0.645 bits per heavy atom. The van der Waals surface area contributed by atoms with Crippen LogP contribution < -0.4 is 0 Å². The lowest BCUT2D eigenvalue weighted by atomic mass is 10.0. The van der Waals surface area contributed by atoms with Gasteiger partial charge < -0.3 is 8.83 Å². The standard InChI is InChI=1S/C26H13ClN2O2/c27-26-28-23(25-24(29-26)18-7-3-4-8-19(18)31-25)15-9-11-17-21(13-15)30-20-12-10-14-5-1-2-6-16(14)22(17)20/h1-13H. The molecule has 3 aromatic heterocycles. The fourth-order valence-electron chi connectivity index (χ4n) is 4.45. The molecule has 0 atom stereocenters. The minimum absolute atomic E-state index is 0.185. The number of halogens is 1. The lowest BCUT2D eigenvalue weighted by molar-refractivity contribution is 0.666. The van der Waals surface area contributed by atoms with E-state index >= 15 is 0 Å². The van der Waals surface area contributed by atoms with Crippen molar-refractivity contribution in [3.05, 3.63) is 84.1 Å². The third-order valence-electron chi connectivity index (χ3n) is 5.83. The van der Waals surface area contributed by atoms with Crippen molar-refractivity contribution >= 4 is 66.4 Å². The molecule has 0 saturated heterocycles. The van der Waals surface area contributed by atoms with E-state index in [2.05, 4.69) is 40.3 Å². The van der Waals surface area contributed by atoms with Gasteiger partial charge in [0.2, 0.25) is 5.28 Å². The minimum atomic E-state index is 0.185. The summed E-state index contributed by atoms with van der Waals surface area (Å²) in [6.07, 6.45) is 0. The van der Waals surface area contributed by atoms with Gasteiger partial charge in [-0.1, -0.05) is 48.5 Å². The summed E-state index contributed by atoms with van der Waals surface area (Å²) in [6.45, 7) is 0. The number of nitrogens with zero attached hydrogens (tertiary/aromatic N) is 2. The molecule has 31 heavy (non-hydrogen) atoms. The van der Waals surface area contributed by atoms with Gasteiger partial charge in [0.05, 0.1) is 0 Å². The van der Waals surface area contributed by atoms with Crippen LogP contribution in [0.15, 0.2) is 87.7 Å². The predicted molar refractivity (Wildman–Crippen MR) is 125 cm³/mol. The number of hydrogen-bond donors (Lipinski definition) is 0. The number of hydrogen-bond acceptors (Lipinski definition) is 4. The molecule has 3 heterocycles. The number of fused-ring (bicyclic) bond motifs is 8. The van der Waals surface area contributed by atoms with Crippen LogP contribution in [-0.4, -0.2) is 9.97 Å². The molecule has 0 aliphatic heterocycles. The van der Waals surface area contributed by atoms with Gasteiger partial charge in [-0.15, -0.1) is 0 Å². The van der Waals surface area contributed by atoms with Crippen LogP contribution in [0.1, 0.15) is 0 Å². The van der Waals surface area contributed by atoms with E-state index in [1.807, 2.05) is 48.5 Å². The number of benzene rings is 4. The molecule has 0 bridgehead atoms. The minimum Gasteiger partial charge on any atom is -0.456 e. The van der Waals surface area contributed by atoms with E-state index < -0.39 is 0 Å². The molecule has 0 spiro atoms. The summed E-state index contributed by atoms with van der Waals surface area (Å²) >= 11 is 6.29. The smallest absolute Gasteiger partial charge is 0.223 e. The van der Waals surface area contributed by atoms with E-state index in [1.54, 1.807) is 0 Å². The zero-order chi connectivity index (χ0) is 20.5. The van der Waals surface area contributed by atoms with Crippen LogP contribution >= 0.6 is 11.6 Å². The van der Waals surface area contributed by atoms with Crippen molar-refractivity contribution in [1.29, 1.82) is 0 Å². The highest BCUT2D eigenvalue weighted by molar-refractivity contribution is 6.29. The van der Waals surface area contributed by atoms with Gasteiger partial charge >= 0.3 is 0 Å². The summed E-state index contributed by atoms with van der Waals surface area (Å²) in [5, 5.41) is 5.65. The molecule has 4 aromatic carbocycles. The van der Waals surface area contributed by atoms with Crippen molar-refractivity contribution in [3.63, 3.8) is 0 Å². The van der Waals surface area contributed by atoms with Crippen molar-refractivity contribution in [3.8, 4) is 11.3 Å². The maximum absolute atomic E-state index is 6.29. The Kier molecular flexibility index (Phi) is 3.30. The fourth-order valence-corrected chi connectivity index (χ4v) is 4.62. The van der Waals surface area contributed by atoms with Crippen LogP contribution in [0, 0.1) is 0 Å². The zero-order valence-corrected chi connectivity index (χ0v) is 16.9. The van der Waals surface area contributed by atoms with Crippen molar-refractivity contribution in [2.24, 2.45) is 0 Å². The van der Waals surface area contributed by atoms with E-state index in [0.29, 0.717) is 16.8 Å². The molecule has 0 aliphatic carbocycles. The third-order valence-corrected chi connectivity index (χ3v) is 6.00. The number of aromatic nitrogens is 2. The summed E-state index contributed by atoms with van der Waals surface area (Å²) in [4.78, 5) is 8.91. The molecule has 146 valence electrons. The SMILES string of the molecule is Clc1nc(-c2ccc3c(c2)oc2ccc4ccccc4c23)c2oc3ccccc3c2n1. The Balaban J connectivity index is 1.54. The summed E-state index contributed by atoms with van der Waals surface area (Å²) in [5.74, 6) is 0. The molecule has 0 fully saturated rings. The van der Waals surface area contributed by atoms with Gasteiger partial charge in [-0.3, -0.25) is 0 Å². The fraction of sp³-hybridized carbons (Fsp3) is 0. The highest BCUT2D eigenvalue weighted by atomic mass is 35.5. The Hall–Kier alpha value is -3.89. The van der Waals surface area contributed by atoms with E-state index in [9.17, 15) is 0 Å². The molecule has 7 rings (SSSR count). The molecule has 0 unspecified atom stereocenters. The van der Waals surface area contributed by atoms with Gasteiger partial charge in [0, 0.05) is 21.7 Å². The molecule has 0 N–H and O–H groups in total. The van der Waals surface area contributed by atoms with Crippen LogP contribution in [0.5, 0.6) is 0 Å². The first-order valence-corrected chi connectivity index (χ1v) is 10.3. The molecule has 5 heteroatoms. The Morgan fingerprint density at radius 2 is 1.48 bits per heavy atom. The molecule has 0 amide bonds. The summed E-state index contributed by atoms with van der Waals surface area (Å²) < 4.78 is 12.3. The largest absolute Gasteiger partial charge is 0.456 e. The van der Waals surface area contributed by atoms with Gasteiger partial charge in [-0.05, 0) is 52.7 Å². The molecule has 4 nitrogen and oxygen atoms in total. The Bertz CT molecular complexity index is 1810. The normalized spacial score (nSPS) is 12.0. The molecular formula is C26H13ClN2O2. The molecular weight excluding hydrogens is 408 g/mol. The Morgan fingerprint density at radius 3 is 2.42 bits per heavy atom. The lowest BCUT2D eigenvalue weighted by Gasteiger charge is -2.03. The summed E-state index contributed by atoms with van der Waals surface area (Å²) in [7, 11) is 0. The van der Waals surface area contributed by atoms with Gasteiger partial charge in [0.25, 0.3) is 0 Å². The second-order valence-corrected chi connectivity index (χ2v) is 7.93. The Labute approximate surface area is 180 Å². The van der Waals surface area contributed by atoms with Gasteiger partial charge in [0.15, 0.2) is 5.58 Å². The van der Waals surface area contributed by atoms with Crippen LogP contribution in [0.4, 0.5) is 0 Å². The number of para-hydroxylation sites is 1. The first kappa shape index (κ1) is 16.9. The highest BCUT2D eigenvalue weighted by Gasteiger charge is 2.18. The van der Waals surface area contributed by atoms with E-state index in [0.717, 1.165) is 38.5 Å². The quantitative estimate of drug-likeness (QED) is 0.255. The number of furan rings is 2. The maximum atomic E-state index is 6.29. The summed E-state index contributed by atoms with van der Waals surface area (Å²) in [6, 6.07) is 26.3. The van der Waals surface area contributed by atoms with E-state index in [4.69, 9.17) is 20.4 Å². The average molecular weight is 421 g/mol. The van der Waals surface area contributed by atoms with E-state index in [1.165, 1.54) is 10.8 Å². The van der Waals surface area contributed by atoms with Crippen LogP contribution in [-0.2, 0) is 0 Å². The molecule has 0 aliphatic rings. The van der Waals surface area contributed by atoms with E-state index in [-0.39, 0.29) is 5.28 Å². The number of rotatable bonds is 1. The van der Waals surface area contributed by atoms with Crippen molar-refractivity contribution < 1.29 is 8.83 Å². The first-order chi connectivity index (χ1) is 15.3. The average Bonchev–Trinajstić information content (AvgIpc) is 3.36. The molecule has 0 saturated carbocycles. The molecule has 0 radical (unpaired) electrons. The first-order valence-electron chi connectivity index (χ1n) is 9.95. The zero-order valence-electron chi connectivity index (χ0n) is 16.1. The van der Waals surface area contributed by atoms with Crippen molar-refractivity contribution in [1.82, 2.24) is 9.97 Å². The van der Waals surface area contributed by atoms with Gasteiger partial charge in [-0.25, -0.2) is 9.97 Å². The van der Waals surface area contributed by atoms with Gasteiger partial charge in [-0.2, -0.15) is 0 Å². The third kappa shape index (κ3) is 2.36. The molecule has 7 aromatic rings. The van der Waals surface area contributed by atoms with Gasteiger partial charge in [0.1, 0.15) is 28.0 Å². The van der Waals surface area contributed by atoms with Crippen molar-refractivity contribution in [2.45, 2.75) is 0 Å². The summed E-state index contributed by atoms with van der Waals surface area (Å²) in [5.41, 5.74) is 5.25. The second-order valence-electron chi connectivity index (χ2n) is 7.59. The van der Waals surface area contributed by atoms with Crippen molar-refractivity contribution in [2.75, 3.05) is 0 Å². The maximum Gasteiger partial charge on any atom is 0.223 e. The monoisotopic (exact) mass is 420 g/mol. The lowest BCUT2D eigenvalue weighted by Crippen LogP contribution is -1.89. The second kappa shape index (κ2) is 6.06. The van der Waals surface area contributed by atoms with Crippen LogP contribution in [0.2, 0.25) is 5.28 Å². The topological polar surface area (TPSA) is 52.1 Å². The predicted octanol–water partition coefficient (Wildman–Crippen LogP) is 7.75. The van der Waals surface area contributed by atoms with Crippen LogP contribution in [0.3, 0.4) is 0 Å². The van der Waals surface area contributed by atoms with Crippen LogP contribution in [0.25, 0.3) is 66.0 Å².